The average molecular weight is 371 g/mol. The van der Waals surface area contributed by atoms with Crippen molar-refractivity contribution in [3.8, 4) is 0 Å². The lowest BCUT2D eigenvalue weighted by Crippen LogP contribution is -1.92. The Hall–Kier alpha value is -2.09. The first-order valence-electron chi connectivity index (χ1n) is 10.4. The van der Waals surface area contributed by atoms with E-state index in [1.807, 2.05) is 30.4 Å². The number of carbonyl (C=O) groups excluding carboxylic acids is 1. The van der Waals surface area contributed by atoms with E-state index in [4.69, 9.17) is 0 Å². The van der Waals surface area contributed by atoms with Gasteiger partial charge >= 0.3 is 5.97 Å². The van der Waals surface area contributed by atoms with Crippen LogP contribution in [0.1, 0.15) is 71.1 Å². The van der Waals surface area contributed by atoms with Gasteiger partial charge in [-0.15, -0.1) is 0 Å². The monoisotopic (exact) mass is 370 g/mol. The number of hydrogen-bond acceptors (Lipinski definition) is 2. The molecule has 0 amide bonds. The quantitative estimate of drug-likeness (QED) is 0.0929. The fourth-order valence-corrected chi connectivity index (χ4v) is 2.39. The Labute approximate surface area is 167 Å². The molecular weight excluding hydrogens is 332 g/mol. The SMILES string of the molecule is CCCCCCCCC=CCCC/C=C\C=CC=CC=CC=CC(=O)OC. The van der Waals surface area contributed by atoms with Crippen LogP contribution in [0.5, 0.6) is 0 Å². The van der Waals surface area contributed by atoms with Gasteiger partial charge in [0.05, 0.1) is 7.11 Å². The van der Waals surface area contributed by atoms with E-state index in [0.717, 1.165) is 6.42 Å². The van der Waals surface area contributed by atoms with Gasteiger partial charge in [0.15, 0.2) is 0 Å². The Balaban J connectivity index is 3.53. The first kappa shape index (κ1) is 24.9. The van der Waals surface area contributed by atoms with E-state index in [0.29, 0.717) is 0 Å². The summed E-state index contributed by atoms with van der Waals surface area (Å²) < 4.78 is 4.49. The summed E-state index contributed by atoms with van der Waals surface area (Å²) in [4.78, 5) is 10.8. The Morgan fingerprint density at radius 3 is 1.81 bits per heavy atom. The number of ether oxygens (including phenoxy) is 1. The van der Waals surface area contributed by atoms with Crippen LogP contribution in [-0.4, -0.2) is 13.1 Å². The third-order valence-electron chi connectivity index (χ3n) is 3.98. The predicted molar refractivity (Wildman–Crippen MR) is 119 cm³/mol. The van der Waals surface area contributed by atoms with Gasteiger partial charge in [0.25, 0.3) is 0 Å². The van der Waals surface area contributed by atoms with Gasteiger partial charge in [-0.05, 0) is 32.1 Å². The molecule has 27 heavy (non-hydrogen) atoms. The highest BCUT2D eigenvalue weighted by Crippen LogP contribution is 2.07. The van der Waals surface area contributed by atoms with Crippen molar-refractivity contribution in [2.24, 2.45) is 0 Å². The van der Waals surface area contributed by atoms with Gasteiger partial charge in [0, 0.05) is 6.08 Å². The number of rotatable bonds is 16. The van der Waals surface area contributed by atoms with Crippen LogP contribution >= 0.6 is 0 Å². The normalized spacial score (nSPS) is 12.8. The van der Waals surface area contributed by atoms with Crippen LogP contribution in [0.4, 0.5) is 0 Å². The number of allylic oxidation sites excluding steroid dienone is 11. The summed E-state index contributed by atoms with van der Waals surface area (Å²) in [5.41, 5.74) is 0. The minimum absolute atomic E-state index is 0.345. The second-order valence-electron chi connectivity index (χ2n) is 6.42. The molecule has 0 N–H and O–H groups in total. The summed E-state index contributed by atoms with van der Waals surface area (Å²) in [6.45, 7) is 2.26. The van der Waals surface area contributed by atoms with Crippen molar-refractivity contribution in [3.63, 3.8) is 0 Å². The van der Waals surface area contributed by atoms with Crippen molar-refractivity contribution >= 4 is 5.97 Å². The fourth-order valence-electron chi connectivity index (χ4n) is 2.39. The molecular formula is C25H38O2. The zero-order valence-corrected chi connectivity index (χ0v) is 17.3. The maximum Gasteiger partial charge on any atom is 0.330 e. The van der Waals surface area contributed by atoms with E-state index >= 15 is 0 Å². The van der Waals surface area contributed by atoms with Crippen LogP contribution in [0.3, 0.4) is 0 Å². The molecule has 0 fully saturated rings. The molecule has 0 unspecified atom stereocenters. The zero-order valence-electron chi connectivity index (χ0n) is 17.3. The highest BCUT2D eigenvalue weighted by atomic mass is 16.5. The number of unbranched alkanes of at least 4 members (excludes halogenated alkanes) is 8. The maximum atomic E-state index is 10.8. The molecule has 150 valence electrons. The second kappa shape index (κ2) is 22.0. The average Bonchev–Trinajstić information content (AvgIpc) is 2.68. The first-order valence-corrected chi connectivity index (χ1v) is 10.4. The van der Waals surface area contributed by atoms with Gasteiger partial charge in [0.1, 0.15) is 0 Å². The highest BCUT2D eigenvalue weighted by Gasteiger charge is 1.88. The summed E-state index contributed by atoms with van der Waals surface area (Å²) >= 11 is 0. The molecule has 0 atom stereocenters. The Morgan fingerprint density at radius 2 is 1.15 bits per heavy atom. The molecule has 0 spiro atoms. The van der Waals surface area contributed by atoms with Crippen LogP contribution in [0, 0.1) is 0 Å². The number of methoxy groups -OCH3 is 1. The van der Waals surface area contributed by atoms with Gasteiger partial charge in [-0.2, -0.15) is 0 Å². The summed E-state index contributed by atoms with van der Waals surface area (Å²) in [5, 5.41) is 0. The molecule has 0 aliphatic rings. The van der Waals surface area contributed by atoms with Crippen molar-refractivity contribution in [2.45, 2.75) is 71.1 Å². The standard InChI is InChI=1S/C25H38O2/c1-3-4-5-6-7-8-9-10-11-12-13-14-15-16-17-18-19-20-21-22-23-24-25(26)27-2/h10-11,15-24H,3-9,12-14H2,1-2H3/b11-10?,16-15-,18-17?,20-19?,22-21?,24-23?. The summed E-state index contributed by atoms with van der Waals surface area (Å²) in [6, 6.07) is 0. The van der Waals surface area contributed by atoms with Crippen molar-refractivity contribution < 1.29 is 9.53 Å². The number of esters is 1. The highest BCUT2D eigenvalue weighted by molar-refractivity contribution is 5.82. The van der Waals surface area contributed by atoms with E-state index in [1.54, 1.807) is 12.2 Å². The third kappa shape index (κ3) is 21.9. The predicted octanol–water partition coefficient (Wildman–Crippen LogP) is 7.42. The Morgan fingerprint density at radius 1 is 0.630 bits per heavy atom. The molecule has 2 nitrogen and oxygen atoms in total. The van der Waals surface area contributed by atoms with Gasteiger partial charge < -0.3 is 4.74 Å². The summed E-state index contributed by atoms with van der Waals surface area (Å²) in [6.07, 6.45) is 36.6. The molecule has 2 heteroatoms. The lowest BCUT2D eigenvalue weighted by atomic mass is 10.1. The summed E-state index contributed by atoms with van der Waals surface area (Å²) in [5.74, 6) is -0.345. The van der Waals surface area contributed by atoms with E-state index in [2.05, 4.69) is 36.0 Å². The third-order valence-corrected chi connectivity index (χ3v) is 3.98. The van der Waals surface area contributed by atoms with Crippen LogP contribution in [0.2, 0.25) is 0 Å². The Bertz CT molecular complexity index is 504. The molecule has 0 aliphatic heterocycles. The summed E-state index contributed by atoms with van der Waals surface area (Å²) in [7, 11) is 1.36. The molecule has 0 aromatic carbocycles. The smallest absolute Gasteiger partial charge is 0.330 e. The van der Waals surface area contributed by atoms with Crippen molar-refractivity contribution in [2.75, 3.05) is 7.11 Å². The van der Waals surface area contributed by atoms with Gasteiger partial charge in [-0.25, -0.2) is 4.79 Å². The number of carbonyl (C=O) groups is 1. The maximum absolute atomic E-state index is 10.8. The minimum Gasteiger partial charge on any atom is -0.466 e. The van der Waals surface area contributed by atoms with E-state index in [1.165, 1.54) is 71.0 Å². The van der Waals surface area contributed by atoms with Gasteiger partial charge in [-0.1, -0.05) is 106 Å². The lowest BCUT2D eigenvalue weighted by molar-refractivity contribution is -0.134. The molecule has 0 rings (SSSR count). The zero-order chi connectivity index (χ0) is 19.8. The molecule has 0 saturated carbocycles. The molecule has 0 radical (unpaired) electrons. The van der Waals surface area contributed by atoms with Crippen LogP contribution in [0.25, 0.3) is 0 Å². The van der Waals surface area contributed by atoms with E-state index < -0.39 is 0 Å². The molecule has 0 aromatic rings. The fraction of sp³-hybridized carbons (Fsp3) is 0.480. The topological polar surface area (TPSA) is 26.3 Å². The van der Waals surface area contributed by atoms with Crippen molar-refractivity contribution in [1.82, 2.24) is 0 Å². The van der Waals surface area contributed by atoms with Crippen LogP contribution in [0.15, 0.2) is 72.9 Å². The van der Waals surface area contributed by atoms with Crippen LogP contribution in [-0.2, 0) is 9.53 Å². The van der Waals surface area contributed by atoms with Crippen molar-refractivity contribution in [3.05, 3.63) is 72.9 Å². The van der Waals surface area contributed by atoms with Crippen LogP contribution < -0.4 is 0 Å². The van der Waals surface area contributed by atoms with E-state index in [-0.39, 0.29) is 5.97 Å². The molecule has 0 saturated heterocycles. The minimum atomic E-state index is -0.345. The molecule has 0 bridgehead atoms. The first-order chi connectivity index (χ1) is 13.3. The van der Waals surface area contributed by atoms with Gasteiger partial charge in [0.2, 0.25) is 0 Å². The van der Waals surface area contributed by atoms with Crippen molar-refractivity contribution in [1.29, 1.82) is 0 Å². The van der Waals surface area contributed by atoms with Gasteiger partial charge in [-0.3, -0.25) is 0 Å². The molecule has 0 heterocycles. The lowest BCUT2D eigenvalue weighted by Gasteiger charge is -1.97. The Kier molecular flexibility index (Phi) is 20.3. The largest absolute Gasteiger partial charge is 0.466 e. The second-order valence-corrected chi connectivity index (χ2v) is 6.42. The van der Waals surface area contributed by atoms with E-state index in [9.17, 15) is 4.79 Å². The number of hydrogen-bond donors (Lipinski definition) is 0. The molecule has 0 aliphatic carbocycles. The molecule has 0 aromatic heterocycles.